The van der Waals surface area contributed by atoms with E-state index in [2.05, 4.69) is 87.4 Å². The summed E-state index contributed by atoms with van der Waals surface area (Å²) in [5, 5.41) is 17.5. The highest BCUT2D eigenvalue weighted by Gasteiger charge is 2.18. The minimum Gasteiger partial charge on any atom is -0.496 e. The summed E-state index contributed by atoms with van der Waals surface area (Å²) in [5.41, 5.74) is 14.6. The van der Waals surface area contributed by atoms with E-state index in [9.17, 15) is 14.4 Å². The second-order valence-electron chi connectivity index (χ2n) is 26.3. The Morgan fingerprint density at radius 2 is 0.810 bits per heavy atom. The van der Waals surface area contributed by atoms with E-state index in [1.165, 1.54) is 77.8 Å². The summed E-state index contributed by atoms with van der Waals surface area (Å²) in [5.74, 6) is 1.45. The molecule has 0 bridgehead atoms. The fraction of sp³-hybridized carbons (Fsp3) is 0.268. The second kappa shape index (κ2) is 30.8. The van der Waals surface area contributed by atoms with Gasteiger partial charge in [0.2, 0.25) is 0 Å². The Morgan fingerprint density at radius 3 is 1.23 bits per heavy atom. The lowest BCUT2D eigenvalue weighted by Crippen LogP contribution is -2.24. The Balaban J connectivity index is 0.000000129. The molecule has 508 valence electrons. The van der Waals surface area contributed by atoms with Crippen LogP contribution >= 0.6 is 11.6 Å². The van der Waals surface area contributed by atoms with E-state index in [-0.39, 0.29) is 16.7 Å². The van der Waals surface area contributed by atoms with E-state index in [1.807, 2.05) is 153 Å². The van der Waals surface area contributed by atoms with E-state index < -0.39 is 0 Å². The average molecular weight is 1350 g/mol. The molecule has 0 amide bonds. The first-order valence-electron chi connectivity index (χ1n) is 34.9. The zero-order chi connectivity index (χ0) is 68.5. The molecule has 6 aromatic heterocycles. The van der Waals surface area contributed by atoms with Crippen LogP contribution in [0.2, 0.25) is 5.02 Å². The van der Waals surface area contributed by atoms with Crippen LogP contribution in [-0.2, 0) is 26.2 Å². The van der Waals surface area contributed by atoms with Crippen molar-refractivity contribution in [3.63, 3.8) is 0 Å². The van der Waals surface area contributed by atoms with Gasteiger partial charge in [0.15, 0.2) is 0 Å². The number of ether oxygens (including phenoxy) is 2. The highest BCUT2D eigenvalue weighted by Crippen LogP contribution is 2.33. The predicted octanol–water partition coefficient (Wildman–Crippen LogP) is 14.7. The standard InChI is InChI=1S/C32H32N4O2.C25H25ClN4O2.C25H26N4O/c1-24-19-29(38-23-25-7-3-2-4-8-25)10-11-30(24)26-13-16-35(32(37)21-26)28-9-12-31-27(20-28)22-33-36(31)18-17-34-14-5-6-15-34;1-32-24-16-20(26)4-6-22(24)18-8-11-29(25(31)15-18)21-5-7-23-19(14-21)17-27-30(23)13-12-28-9-2-3-10-28;1-19-6-2-3-7-23(19)20-10-13-28(25(30)17-20)22-8-9-24-21(16-22)18-26-29(24)15-14-27-11-4-5-12-27/h2-4,7-13,16,19-22H,5-6,14-15,17-18,23H2,1H3;4-8,11,14-17H,2-3,9-10,12-13H2,1H3;2-3,6-10,13,16-18H,4-5,11-12,14-15H2,1H3. The molecule has 9 heterocycles. The van der Waals surface area contributed by atoms with Crippen molar-refractivity contribution in [2.45, 2.75) is 78.6 Å². The topological polar surface area (TPSA) is 148 Å². The summed E-state index contributed by atoms with van der Waals surface area (Å²) >= 11 is 6.07. The Morgan fingerprint density at radius 1 is 0.400 bits per heavy atom. The zero-order valence-corrected chi connectivity index (χ0v) is 57.8. The molecule has 0 unspecified atom stereocenters. The fourth-order valence-corrected chi connectivity index (χ4v) is 14.3. The van der Waals surface area contributed by atoms with Crippen molar-refractivity contribution < 1.29 is 9.47 Å². The molecule has 3 fully saturated rings. The van der Waals surface area contributed by atoms with Gasteiger partial charge in [-0.2, -0.15) is 15.3 Å². The summed E-state index contributed by atoms with van der Waals surface area (Å²) in [6.07, 6.45) is 19.0. The van der Waals surface area contributed by atoms with Crippen LogP contribution in [-0.4, -0.2) is 124 Å². The monoisotopic (exact) mass is 1350 g/mol. The third kappa shape index (κ3) is 15.4. The summed E-state index contributed by atoms with van der Waals surface area (Å²) in [6.45, 7) is 17.5. The maximum absolute atomic E-state index is 13.2. The number of likely N-dealkylation sites (tertiary alicyclic amines) is 3. The summed E-state index contributed by atoms with van der Waals surface area (Å²) in [7, 11) is 1.59. The van der Waals surface area contributed by atoms with E-state index in [0.29, 0.717) is 17.4 Å². The zero-order valence-electron chi connectivity index (χ0n) is 57.0. The number of aromatic nitrogens is 9. The van der Waals surface area contributed by atoms with Crippen LogP contribution < -0.4 is 26.2 Å². The molecule has 0 radical (unpaired) electrons. The molecule has 100 heavy (non-hydrogen) atoms. The van der Waals surface area contributed by atoms with Crippen LogP contribution in [0.15, 0.2) is 234 Å². The van der Waals surface area contributed by atoms with Crippen LogP contribution in [0.4, 0.5) is 0 Å². The molecule has 3 aliphatic rings. The van der Waals surface area contributed by atoms with Crippen molar-refractivity contribution in [1.29, 1.82) is 0 Å². The van der Waals surface area contributed by atoms with Crippen LogP contribution in [0, 0.1) is 13.8 Å². The van der Waals surface area contributed by atoms with Gasteiger partial charge in [-0.1, -0.05) is 72.3 Å². The third-order valence-electron chi connectivity index (χ3n) is 19.6. The molecule has 3 aliphatic heterocycles. The quantitative estimate of drug-likeness (QED) is 0.0762. The minimum atomic E-state index is -0.111. The molecule has 18 heteroatoms. The Bertz CT molecular complexity index is 5210. The molecule has 0 atom stereocenters. The van der Waals surface area contributed by atoms with Gasteiger partial charge in [0.1, 0.15) is 18.1 Å². The van der Waals surface area contributed by atoms with Crippen LogP contribution in [0.25, 0.3) is 83.2 Å². The normalized spacial score (nSPS) is 14.2. The van der Waals surface area contributed by atoms with Gasteiger partial charge in [0.05, 0.1) is 61.9 Å². The first kappa shape index (κ1) is 66.8. The van der Waals surface area contributed by atoms with Gasteiger partial charge in [0, 0.05) is 100 Å². The number of aryl methyl sites for hydroxylation is 2. The highest BCUT2D eigenvalue weighted by molar-refractivity contribution is 6.30. The number of methoxy groups -OCH3 is 1. The van der Waals surface area contributed by atoms with Gasteiger partial charge >= 0.3 is 0 Å². The SMILES string of the molecule is COc1cc(Cl)ccc1-c1ccn(-c2ccc3c(cnn3CCN3CCCC3)c2)c(=O)c1.Cc1cc(OCc2ccccc2)ccc1-c1ccn(-c2ccc3c(cnn3CCN3CCCC3)c2)c(=O)c1.Cc1ccccc1-c1ccn(-c2ccc3c(cnn3CCN3CCCC3)c2)c(=O)c1. The van der Waals surface area contributed by atoms with Gasteiger partial charge in [-0.3, -0.25) is 42.1 Å². The molecular formula is C82H83ClN12O5. The van der Waals surface area contributed by atoms with Gasteiger partial charge in [-0.25, -0.2) is 0 Å². The lowest BCUT2D eigenvalue weighted by Gasteiger charge is -2.14. The maximum Gasteiger partial charge on any atom is 0.255 e. The maximum atomic E-state index is 13.2. The summed E-state index contributed by atoms with van der Waals surface area (Å²) in [6, 6.07) is 58.9. The first-order valence-corrected chi connectivity index (χ1v) is 35.2. The molecule has 0 N–H and O–H groups in total. The van der Waals surface area contributed by atoms with Crippen LogP contribution in [0.1, 0.15) is 55.2 Å². The molecule has 17 nitrogen and oxygen atoms in total. The van der Waals surface area contributed by atoms with E-state index in [0.717, 1.165) is 145 Å². The number of pyridine rings is 3. The number of halogens is 1. The van der Waals surface area contributed by atoms with Gasteiger partial charge in [-0.15, -0.1) is 0 Å². The fourth-order valence-electron chi connectivity index (χ4n) is 14.1. The van der Waals surface area contributed by atoms with Gasteiger partial charge in [-0.05, 0) is 239 Å². The van der Waals surface area contributed by atoms with Crippen molar-refractivity contribution in [3.8, 4) is 61.9 Å². The molecule has 3 saturated heterocycles. The van der Waals surface area contributed by atoms with Crippen molar-refractivity contribution in [2.75, 3.05) is 66.0 Å². The Labute approximate surface area is 586 Å². The number of hydrogen-bond acceptors (Lipinski definition) is 11. The largest absolute Gasteiger partial charge is 0.496 e. The second-order valence-corrected chi connectivity index (χ2v) is 26.7. The number of fused-ring (bicyclic) bond motifs is 3. The third-order valence-corrected chi connectivity index (χ3v) is 19.9. The Hall–Kier alpha value is -10.4. The van der Waals surface area contributed by atoms with Crippen molar-refractivity contribution in [2.24, 2.45) is 0 Å². The smallest absolute Gasteiger partial charge is 0.255 e. The molecule has 7 aromatic carbocycles. The molecular weight excluding hydrogens is 1270 g/mol. The minimum absolute atomic E-state index is 0.0310. The lowest BCUT2D eigenvalue weighted by molar-refractivity contribution is 0.306. The average Bonchev–Trinajstić information content (AvgIpc) is 1.40. The van der Waals surface area contributed by atoms with Gasteiger partial charge < -0.3 is 24.2 Å². The van der Waals surface area contributed by atoms with E-state index in [1.54, 1.807) is 57.3 Å². The van der Waals surface area contributed by atoms with Crippen LogP contribution in [0.5, 0.6) is 11.5 Å². The number of nitrogens with zero attached hydrogens (tertiary/aromatic N) is 12. The molecule has 13 aromatic rings. The molecule has 0 spiro atoms. The lowest BCUT2D eigenvalue weighted by atomic mass is 10.0. The number of hydrogen-bond donors (Lipinski definition) is 0. The van der Waals surface area contributed by atoms with Crippen molar-refractivity contribution in [3.05, 3.63) is 272 Å². The highest BCUT2D eigenvalue weighted by atomic mass is 35.5. The predicted molar refractivity (Wildman–Crippen MR) is 401 cm³/mol. The van der Waals surface area contributed by atoms with Crippen molar-refractivity contribution >= 4 is 44.3 Å². The van der Waals surface area contributed by atoms with E-state index >= 15 is 0 Å². The van der Waals surface area contributed by atoms with Crippen molar-refractivity contribution in [1.82, 2.24) is 57.7 Å². The molecule has 0 aliphatic carbocycles. The summed E-state index contributed by atoms with van der Waals surface area (Å²) in [4.78, 5) is 46.4. The number of rotatable bonds is 19. The first-order chi connectivity index (χ1) is 48.9. The van der Waals surface area contributed by atoms with E-state index in [4.69, 9.17) is 21.1 Å². The number of benzene rings is 7. The summed E-state index contributed by atoms with van der Waals surface area (Å²) < 4.78 is 22.6. The van der Waals surface area contributed by atoms with Gasteiger partial charge in [0.25, 0.3) is 16.7 Å². The molecule has 16 rings (SSSR count). The Kier molecular flexibility index (Phi) is 20.6. The molecule has 0 saturated carbocycles. The van der Waals surface area contributed by atoms with Crippen LogP contribution in [0.3, 0.4) is 0 Å².